The van der Waals surface area contributed by atoms with E-state index in [9.17, 15) is 13.2 Å². The number of sulfonamides is 1. The molecule has 0 bridgehead atoms. The molecule has 2 heterocycles. The second-order valence-electron chi connectivity index (χ2n) is 3.56. The van der Waals surface area contributed by atoms with Crippen molar-refractivity contribution in [1.82, 2.24) is 4.98 Å². The number of nitrogens with one attached hydrogen (secondary N) is 1. The van der Waals surface area contributed by atoms with Gasteiger partial charge in [-0.15, -0.1) is 22.7 Å². The summed E-state index contributed by atoms with van der Waals surface area (Å²) in [5.41, 5.74) is 0.463. The fraction of sp³-hybridized carbons (Fsp3) is 0.200. The van der Waals surface area contributed by atoms with Crippen LogP contribution in [0.1, 0.15) is 5.69 Å². The Morgan fingerprint density at radius 3 is 2.85 bits per heavy atom. The monoisotopic (exact) mass is 396 g/mol. The van der Waals surface area contributed by atoms with Crippen LogP contribution >= 0.6 is 38.6 Å². The number of aromatic nitrogens is 1. The lowest BCUT2D eigenvalue weighted by Crippen LogP contribution is -2.12. The third kappa shape index (κ3) is 3.57. The molecule has 0 atom stereocenters. The van der Waals surface area contributed by atoms with Gasteiger partial charge in [-0.3, -0.25) is 9.52 Å². The molecule has 108 valence electrons. The standard InChI is InChI=1S/C10H9BrN2O4S3/c1-17-8(14)4-6-5-19-10(12-6)13-20(15,16)9-7(11)2-3-18-9/h2-3,5H,4H2,1H3,(H,12,13). The van der Waals surface area contributed by atoms with Crippen molar-refractivity contribution in [3.63, 3.8) is 0 Å². The summed E-state index contributed by atoms with van der Waals surface area (Å²) in [5, 5.41) is 3.49. The molecule has 0 aliphatic rings. The first-order valence-electron chi connectivity index (χ1n) is 5.19. The van der Waals surface area contributed by atoms with Gasteiger partial charge in [0, 0.05) is 9.85 Å². The molecule has 0 saturated heterocycles. The highest BCUT2D eigenvalue weighted by Crippen LogP contribution is 2.30. The molecule has 2 aromatic heterocycles. The molecule has 6 nitrogen and oxygen atoms in total. The largest absolute Gasteiger partial charge is 0.469 e. The second kappa shape index (κ2) is 6.20. The van der Waals surface area contributed by atoms with E-state index in [4.69, 9.17) is 0 Å². The number of halogens is 1. The Balaban J connectivity index is 2.15. The van der Waals surface area contributed by atoms with Gasteiger partial charge in [0.05, 0.1) is 19.2 Å². The number of hydrogen-bond donors (Lipinski definition) is 1. The summed E-state index contributed by atoms with van der Waals surface area (Å²) >= 11 is 5.39. The van der Waals surface area contributed by atoms with Crippen molar-refractivity contribution in [2.24, 2.45) is 0 Å². The molecule has 0 aliphatic heterocycles. The van der Waals surface area contributed by atoms with Crippen molar-refractivity contribution >= 4 is 59.7 Å². The number of thiophene rings is 1. The maximum absolute atomic E-state index is 12.1. The van der Waals surface area contributed by atoms with E-state index in [1.807, 2.05) is 0 Å². The van der Waals surface area contributed by atoms with Crippen molar-refractivity contribution < 1.29 is 17.9 Å². The summed E-state index contributed by atoms with van der Waals surface area (Å²) in [4.78, 5) is 15.1. The summed E-state index contributed by atoms with van der Waals surface area (Å²) in [6.45, 7) is 0. The maximum Gasteiger partial charge on any atom is 0.311 e. The number of nitrogens with zero attached hydrogens (tertiary/aromatic N) is 1. The zero-order chi connectivity index (χ0) is 14.8. The van der Waals surface area contributed by atoms with Gasteiger partial charge in [0.1, 0.15) is 0 Å². The van der Waals surface area contributed by atoms with E-state index in [2.05, 4.69) is 30.4 Å². The number of hydrogen-bond acceptors (Lipinski definition) is 7. The van der Waals surface area contributed by atoms with E-state index >= 15 is 0 Å². The van der Waals surface area contributed by atoms with Gasteiger partial charge < -0.3 is 4.74 Å². The third-order valence-corrected chi connectivity index (χ3v) is 7.10. The summed E-state index contributed by atoms with van der Waals surface area (Å²) in [7, 11) is -2.38. The van der Waals surface area contributed by atoms with Crippen molar-refractivity contribution in [3.8, 4) is 0 Å². The van der Waals surface area contributed by atoms with Crippen LogP contribution in [0.2, 0.25) is 0 Å². The van der Waals surface area contributed by atoms with Crippen LogP contribution < -0.4 is 4.72 Å². The number of thiazole rings is 1. The fourth-order valence-electron chi connectivity index (χ4n) is 1.29. The summed E-state index contributed by atoms with van der Waals surface area (Å²) < 4.78 is 31.8. The fourth-order valence-corrected chi connectivity index (χ4v) is 5.59. The van der Waals surface area contributed by atoms with Crippen molar-refractivity contribution in [1.29, 1.82) is 0 Å². The normalized spacial score (nSPS) is 11.3. The predicted octanol–water partition coefficient (Wildman–Crippen LogP) is 2.48. The number of ether oxygens (including phenoxy) is 1. The number of carbonyl (C=O) groups excluding carboxylic acids is 1. The number of esters is 1. The lowest BCUT2D eigenvalue weighted by atomic mass is 10.3. The minimum atomic E-state index is -3.67. The van der Waals surface area contributed by atoms with E-state index in [0.29, 0.717) is 10.2 Å². The minimum absolute atomic E-state index is 0.0113. The molecular formula is C10H9BrN2O4S3. The molecule has 0 aliphatic carbocycles. The number of carbonyl (C=O) groups is 1. The van der Waals surface area contributed by atoms with E-state index in [1.165, 1.54) is 7.11 Å². The number of methoxy groups -OCH3 is 1. The average molecular weight is 397 g/mol. The van der Waals surface area contributed by atoms with E-state index in [1.54, 1.807) is 16.8 Å². The Labute approximate surface area is 132 Å². The van der Waals surface area contributed by atoms with Crippen molar-refractivity contribution in [3.05, 3.63) is 27.0 Å². The molecule has 1 N–H and O–H groups in total. The molecule has 0 aromatic carbocycles. The van der Waals surface area contributed by atoms with Crippen LogP contribution in [0.4, 0.5) is 5.13 Å². The van der Waals surface area contributed by atoms with Gasteiger partial charge in [-0.2, -0.15) is 0 Å². The lowest BCUT2D eigenvalue weighted by molar-refractivity contribution is -0.139. The highest BCUT2D eigenvalue weighted by Gasteiger charge is 2.21. The van der Waals surface area contributed by atoms with E-state index in [0.717, 1.165) is 22.7 Å². The Morgan fingerprint density at radius 1 is 1.50 bits per heavy atom. The molecule has 0 amide bonds. The Bertz CT molecular complexity index is 722. The molecule has 2 rings (SSSR count). The Kier molecular flexibility index (Phi) is 4.78. The molecule has 0 spiro atoms. The van der Waals surface area contributed by atoms with E-state index in [-0.39, 0.29) is 15.8 Å². The highest BCUT2D eigenvalue weighted by molar-refractivity contribution is 9.10. The first-order valence-corrected chi connectivity index (χ1v) is 9.23. The molecule has 0 fully saturated rings. The van der Waals surface area contributed by atoms with Gasteiger partial charge in [-0.25, -0.2) is 13.4 Å². The van der Waals surface area contributed by atoms with Crippen molar-refractivity contribution in [2.75, 3.05) is 11.8 Å². The van der Waals surface area contributed by atoms with Gasteiger partial charge in [0.2, 0.25) is 0 Å². The van der Waals surface area contributed by atoms with Gasteiger partial charge in [0.25, 0.3) is 10.0 Å². The van der Waals surface area contributed by atoms with Crippen LogP contribution in [-0.4, -0.2) is 26.5 Å². The predicted molar refractivity (Wildman–Crippen MR) is 80.7 cm³/mol. The molecule has 2 aromatic rings. The lowest BCUT2D eigenvalue weighted by Gasteiger charge is -2.02. The topological polar surface area (TPSA) is 85.4 Å². The van der Waals surface area contributed by atoms with Crippen LogP contribution in [0.25, 0.3) is 0 Å². The van der Waals surface area contributed by atoms with Gasteiger partial charge >= 0.3 is 5.97 Å². The maximum atomic E-state index is 12.1. The SMILES string of the molecule is COC(=O)Cc1csc(NS(=O)(=O)c2sccc2Br)n1. The van der Waals surface area contributed by atoms with Gasteiger partial charge in [-0.1, -0.05) is 0 Å². The zero-order valence-electron chi connectivity index (χ0n) is 10.1. The first-order chi connectivity index (χ1) is 9.42. The van der Waals surface area contributed by atoms with Crippen molar-refractivity contribution in [2.45, 2.75) is 10.6 Å². The summed E-state index contributed by atoms with van der Waals surface area (Å²) in [5.74, 6) is -0.425. The van der Waals surface area contributed by atoms with Crippen LogP contribution in [0, 0.1) is 0 Å². The Morgan fingerprint density at radius 2 is 2.25 bits per heavy atom. The minimum Gasteiger partial charge on any atom is -0.469 e. The first kappa shape index (κ1) is 15.4. The highest BCUT2D eigenvalue weighted by atomic mass is 79.9. The molecular weight excluding hydrogens is 388 g/mol. The number of rotatable bonds is 5. The van der Waals surface area contributed by atoms with Crippen LogP contribution in [0.5, 0.6) is 0 Å². The third-order valence-electron chi connectivity index (χ3n) is 2.16. The van der Waals surface area contributed by atoms with Crippen LogP contribution in [-0.2, 0) is 26.0 Å². The molecule has 20 heavy (non-hydrogen) atoms. The molecule has 0 unspecified atom stereocenters. The smallest absolute Gasteiger partial charge is 0.311 e. The number of anilines is 1. The second-order valence-corrected chi connectivity index (χ2v) is 8.06. The van der Waals surface area contributed by atoms with Crippen LogP contribution in [0.15, 0.2) is 25.5 Å². The Hall–Kier alpha value is -0.970. The van der Waals surface area contributed by atoms with Gasteiger partial charge in [0.15, 0.2) is 9.34 Å². The van der Waals surface area contributed by atoms with E-state index < -0.39 is 16.0 Å². The molecule has 0 saturated carbocycles. The molecule has 10 heteroatoms. The average Bonchev–Trinajstić information content (AvgIpc) is 2.98. The zero-order valence-corrected chi connectivity index (χ0v) is 14.2. The quantitative estimate of drug-likeness (QED) is 0.784. The van der Waals surface area contributed by atoms with Crippen LogP contribution in [0.3, 0.4) is 0 Å². The summed E-state index contributed by atoms with van der Waals surface area (Å²) in [6, 6.07) is 1.66. The molecule has 0 radical (unpaired) electrons. The summed E-state index contributed by atoms with van der Waals surface area (Å²) in [6.07, 6.45) is 0.0113. The van der Waals surface area contributed by atoms with Gasteiger partial charge in [-0.05, 0) is 27.4 Å².